The Kier molecular flexibility index (Phi) is 3.44. The van der Waals surface area contributed by atoms with Crippen LogP contribution in [0.1, 0.15) is 17.4 Å². The van der Waals surface area contributed by atoms with Crippen LogP contribution in [0.15, 0.2) is 24.3 Å². The van der Waals surface area contributed by atoms with Crippen LogP contribution in [0.25, 0.3) is 10.9 Å². The SMILES string of the molecule is CC1CN(C)CCN1C(=O)c1[nH]c2ccccc2c1Cl. The Hall–Kier alpha value is -1.52. The molecule has 0 bridgehead atoms. The number of H-pyrrole nitrogens is 1. The summed E-state index contributed by atoms with van der Waals surface area (Å²) in [6.45, 7) is 4.60. The number of aromatic nitrogens is 1. The number of aromatic amines is 1. The lowest BCUT2D eigenvalue weighted by Gasteiger charge is -2.38. The minimum Gasteiger partial charge on any atom is -0.349 e. The summed E-state index contributed by atoms with van der Waals surface area (Å²) in [7, 11) is 2.08. The van der Waals surface area contributed by atoms with E-state index in [9.17, 15) is 4.79 Å². The number of nitrogens with one attached hydrogen (secondary N) is 1. The maximum Gasteiger partial charge on any atom is 0.272 e. The summed E-state index contributed by atoms with van der Waals surface area (Å²) in [5.74, 6) is -0.00759. The standard InChI is InChI=1S/C15H18ClN3O/c1-10-9-18(2)7-8-19(10)15(20)14-13(16)11-5-3-4-6-12(11)17-14/h3-6,10,17H,7-9H2,1-2H3. The van der Waals surface area contributed by atoms with Gasteiger partial charge in [-0.3, -0.25) is 4.79 Å². The zero-order chi connectivity index (χ0) is 14.3. The van der Waals surface area contributed by atoms with Gasteiger partial charge >= 0.3 is 0 Å². The van der Waals surface area contributed by atoms with Crippen LogP contribution in [0.2, 0.25) is 5.02 Å². The van der Waals surface area contributed by atoms with E-state index in [2.05, 4.69) is 23.9 Å². The third kappa shape index (κ3) is 2.19. The molecule has 1 N–H and O–H groups in total. The normalized spacial score (nSPS) is 20.6. The number of halogens is 1. The molecule has 1 aliphatic rings. The topological polar surface area (TPSA) is 39.3 Å². The Bertz CT molecular complexity index is 652. The summed E-state index contributed by atoms with van der Waals surface area (Å²) in [5.41, 5.74) is 1.41. The molecular weight excluding hydrogens is 274 g/mol. The van der Waals surface area contributed by atoms with Gasteiger partial charge in [-0.25, -0.2) is 0 Å². The van der Waals surface area contributed by atoms with Gasteiger partial charge in [0.1, 0.15) is 5.69 Å². The van der Waals surface area contributed by atoms with Crippen molar-refractivity contribution in [1.29, 1.82) is 0 Å². The van der Waals surface area contributed by atoms with E-state index in [4.69, 9.17) is 11.6 Å². The number of fused-ring (bicyclic) bond motifs is 1. The smallest absolute Gasteiger partial charge is 0.272 e. The summed E-state index contributed by atoms with van der Waals surface area (Å²) >= 11 is 6.36. The number of hydrogen-bond acceptors (Lipinski definition) is 2. The first-order valence-corrected chi connectivity index (χ1v) is 7.21. The molecule has 1 unspecified atom stereocenters. The third-order valence-corrected chi connectivity index (χ3v) is 4.34. The molecular formula is C15H18ClN3O. The van der Waals surface area contributed by atoms with Gasteiger partial charge in [0.2, 0.25) is 0 Å². The van der Waals surface area contributed by atoms with Crippen molar-refractivity contribution < 1.29 is 4.79 Å². The van der Waals surface area contributed by atoms with E-state index in [1.807, 2.05) is 29.2 Å². The lowest BCUT2D eigenvalue weighted by atomic mass is 10.2. The van der Waals surface area contributed by atoms with E-state index in [0.717, 1.165) is 30.5 Å². The molecule has 106 valence electrons. The van der Waals surface area contributed by atoms with Crippen molar-refractivity contribution >= 4 is 28.4 Å². The van der Waals surface area contributed by atoms with Gasteiger partial charge in [0.15, 0.2) is 0 Å². The predicted molar refractivity (Wildman–Crippen MR) is 81.3 cm³/mol. The quantitative estimate of drug-likeness (QED) is 0.877. The van der Waals surface area contributed by atoms with E-state index in [1.165, 1.54) is 0 Å². The average Bonchev–Trinajstić information content (AvgIpc) is 2.76. The van der Waals surface area contributed by atoms with Gasteiger partial charge in [0, 0.05) is 36.6 Å². The Morgan fingerprint density at radius 1 is 1.35 bits per heavy atom. The van der Waals surface area contributed by atoms with Crippen molar-refractivity contribution in [2.75, 3.05) is 26.7 Å². The van der Waals surface area contributed by atoms with E-state index < -0.39 is 0 Å². The Labute approximate surface area is 123 Å². The number of nitrogens with zero attached hydrogens (tertiary/aromatic N) is 2. The van der Waals surface area contributed by atoms with Crippen LogP contribution in [-0.2, 0) is 0 Å². The highest BCUT2D eigenvalue weighted by Crippen LogP contribution is 2.28. The van der Waals surface area contributed by atoms with Crippen molar-refractivity contribution in [2.24, 2.45) is 0 Å². The van der Waals surface area contributed by atoms with Crippen LogP contribution in [0.3, 0.4) is 0 Å². The summed E-state index contributed by atoms with van der Waals surface area (Å²) in [4.78, 5) is 20.0. The average molecular weight is 292 g/mol. The van der Waals surface area contributed by atoms with Crippen LogP contribution < -0.4 is 0 Å². The molecule has 1 aromatic heterocycles. The first kappa shape index (κ1) is 13.5. The Morgan fingerprint density at radius 3 is 2.80 bits per heavy atom. The zero-order valence-corrected chi connectivity index (χ0v) is 12.4. The molecule has 0 radical (unpaired) electrons. The largest absolute Gasteiger partial charge is 0.349 e. The summed E-state index contributed by atoms with van der Waals surface area (Å²) in [5, 5.41) is 1.43. The number of rotatable bonds is 1. The minimum absolute atomic E-state index is 0.00759. The van der Waals surface area contributed by atoms with Gasteiger partial charge in [-0.05, 0) is 20.0 Å². The lowest BCUT2D eigenvalue weighted by molar-refractivity contribution is 0.0529. The number of carbonyl (C=O) groups is 1. The van der Waals surface area contributed by atoms with E-state index >= 15 is 0 Å². The van der Waals surface area contributed by atoms with Gasteiger partial charge in [-0.2, -0.15) is 0 Å². The second-order valence-electron chi connectivity index (χ2n) is 5.47. The highest BCUT2D eigenvalue weighted by Gasteiger charge is 2.29. The fraction of sp³-hybridized carbons (Fsp3) is 0.400. The molecule has 5 heteroatoms. The van der Waals surface area contributed by atoms with Crippen LogP contribution in [0, 0.1) is 0 Å². The van der Waals surface area contributed by atoms with Crippen LogP contribution in [0.4, 0.5) is 0 Å². The van der Waals surface area contributed by atoms with Gasteiger partial charge in [0.25, 0.3) is 5.91 Å². The molecule has 4 nitrogen and oxygen atoms in total. The molecule has 20 heavy (non-hydrogen) atoms. The third-order valence-electron chi connectivity index (χ3n) is 3.95. The number of hydrogen-bond donors (Lipinski definition) is 1. The summed E-state index contributed by atoms with van der Waals surface area (Å²) in [6, 6.07) is 7.92. The zero-order valence-electron chi connectivity index (χ0n) is 11.7. The fourth-order valence-electron chi connectivity index (χ4n) is 2.84. The van der Waals surface area contributed by atoms with E-state index in [-0.39, 0.29) is 11.9 Å². The van der Waals surface area contributed by atoms with Crippen LogP contribution in [0.5, 0.6) is 0 Å². The molecule has 2 aromatic rings. The fourth-order valence-corrected chi connectivity index (χ4v) is 3.13. The molecule has 0 aliphatic carbocycles. The van der Waals surface area contributed by atoms with Crippen molar-refractivity contribution in [1.82, 2.24) is 14.8 Å². The molecule has 1 aliphatic heterocycles. The maximum absolute atomic E-state index is 12.7. The summed E-state index contributed by atoms with van der Waals surface area (Å²) in [6.07, 6.45) is 0. The van der Waals surface area contributed by atoms with Crippen molar-refractivity contribution in [3.8, 4) is 0 Å². The predicted octanol–water partition coefficient (Wildman–Crippen LogP) is 2.60. The first-order chi connectivity index (χ1) is 9.58. The number of likely N-dealkylation sites (N-methyl/N-ethyl adjacent to an activating group) is 1. The highest BCUT2D eigenvalue weighted by molar-refractivity contribution is 6.38. The maximum atomic E-state index is 12.7. The van der Waals surface area contributed by atoms with Crippen LogP contribution >= 0.6 is 11.6 Å². The second kappa shape index (κ2) is 5.11. The monoisotopic (exact) mass is 291 g/mol. The molecule has 0 spiro atoms. The molecule has 3 rings (SSSR count). The number of piperazine rings is 1. The lowest BCUT2D eigenvalue weighted by Crippen LogP contribution is -2.52. The van der Waals surface area contributed by atoms with Crippen molar-refractivity contribution in [2.45, 2.75) is 13.0 Å². The minimum atomic E-state index is -0.00759. The molecule has 1 aromatic carbocycles. The molecule has 1 atom stereocenters. The van der Waals surface area contributed by atoms with Gasteiger partial charge in [-0.1, -0.05) is 29.8 Å². The van der Waals surface area contributed by atoms with Crippen molar-refractivity contribution in [3.63, 3.8) is 0 Å². The number of amides is 1. The molecule has 1 fully saturated rings. The Morgan fingerprint density at radius 2 is 2.10 bits per heavy atom. The summed E-state index contributed by atoms with van der Waals surface area (Å²) < 4.78 is 0. The van der Waals surface area contributed by atoms with Gasteiger partial charge in [0.05, 0.1) is 5.02 Å². The number of para-hydroxylation sites is 1. The van der Waals surface area contributed by atoms with Crippen molar-refractivity contribution in [3.05, 3.63) is 35.0 Å². The highest BCUT2D eigenvalue weighted by atomic mass is 35.5. The second-order valence-corrected chi connectivity index (χ2v) is 5.85. The Balaban J connectivity index is 1.94. The number of benzene rings is 1. The number of carbonyl (C=O) groups excluding carboxylic acids is 1. The molecule has 0 saturated carbocycles. The van der Waals surface area contributed by atoms with E-state index in [0.29, 0.717) is 10.7 Å². The molecule has 2 heterocycles. The molecule has 1 saturated heterocycles. The van der Waals surface area contributed by atoms with Crippen LogP contribution in [-0.4, -0.2) is 53.4 Å². The molecule has 1 amide bonds. The first-order valence-electron chi connectivity index (χ1n) is 6.83. The van der Waals surface area contributed by atoms with E-state index in [1.54, 1.807) is 0 Å². The van der Waals surface area contributed by atoms with Gasteiger partial charge < -0.3 is 14.8 Å². The van der Waals surface area contributed by atoms with Gasteiger partial charge in [-0.15, -0.1) is 0 Å².